The van der Waals surface area contributed by atoms with Gasteiger partial charge in [0.25, 0.3) is 0 Å². The maximum absolute atomic E-state index is 13.5. The molecular weight excluding hydrogens is 353 g/mol. The minimum Gasteiger partial charge on any atom is -0.508 e. The van der Waals surface area contributed by atoms with Crippen molar-refractivity contribution in [1.29, 1.82) is 0 Å². The van der Waals surface area contributed by atoms with Crippen molar-refractivity contribution in [3.05, 3.63) is 65.2 Å². The van der Waals surface area contributed by atoms with Gasteiger partial charge in [-0.05, 0) is 73.3 Å². The third-order valence-electron chi connectivity index (χ3n) is 6.63. The van der Waals surface area contributed by atoms with Crippen LogP contribution < -0.4 is 0 Å². The Balaban J connectivity index is 1.79. The predicted molar refractivity (Wildman–Crippen MR) is 96.6 cm³/mol. The molecule has 0 heterocycles. The van der Waals surface area contributed by atoms with E-state index in [1.165, 1.54) is 0 Å². The first-order valence-corrected chi connectivity index (χ1v) is 9.39. The smallest absolute Gasteiger partial charge is 0.417 e. The Labute approximate surface area is 156 Å². The molecule has 0 radical (unpaired) electrons. The molecule has 0 bridgehead atoms. The molecule has 1 saturated carbocycles. The second-order valence-corrected chi connectivity index (χ2v) is 8.13. The second-order valence-electron chi connectivity index (χ2n) is 8.13. The van der Waals surface area contributed by atoms with Gasteiger partial charge in [0.2, 0.25) is 0 Å². The van der Waals surface area contributed by atoms with Crippen LogP contribution in [0.5, 0.6) is 5.75 Å². The summed E-state index contributed by atoms with van der Waals surface area (Å²) in [6, 6.07) is 15.1. The minimum absolute atomic E-state index is 0.185. The summed E-state index contributed by atoms with van der Waals surface area (Å²) in [5, 5.41) is 20.2. The Kier molecular flexibility index (Phi) is 4.26. The highest BCUT2D eigenvalue weighted by atomic mass is 19.4. The number of aryl methyl sites for hydroxylation is 1. The SMILES string of the molecule is Oc1ccc2c(c1)CC[C@@H]1C[C@@](O)(C(F)(F)F)CC[C@@]21Cc1ccccc1. The van der Waals surface area contributed by atoms with E-state index in [4.69, 9.17) is 0 Å². The van der Waals surface area contributed by atoms with Crippen LogP contribution in [0.1, 0.15) is 42.4 Å². The van der Waals surface area contributed by atoms with Gasteiger partial charge < -0.3 is 10.2 Å². The standard InChI is InChI=1S/C22H23F3O2/c23-22(24,25)21(27)11-10-20(13-15-4-2-1-3-5-15)17(14-21)7-6-16-12-18(26)8-9-19(16)20/h1-5,8-9,12,17,26-27H,6-7,10-11,13-14H2/t17-,20+,21-/m1/s1. The van der Waals surface area contributed by atoms with Gasteiger partial charge in [-0.2, -0.15) is 13.2 Å². The molecular formula is C22H23F3O2. The molecule has 3 atom stereocenters. The first-order chi connectivity index (χ1) is 12.7. The number of phenolic OH excluding ortho intramolecular Hbond substituents is 1. The van der Waals surface area contributed by atoms with Crippen molar-refractivity contribution in [3.63, 3.8) is 0 Å². The van der Waals surface area contributed by atoms with Gasteiger partial charge in [-0.1, -0.05) is 36.4 Å². The lowest BCUT2D eigenvalue weighted by Gasteiger charge is -2.53. The van der Waals surface area contributed by atoms with Crippen molar-refractivity contribution < 1.29 is 23.4 Å². The molecule has 2 aromatic rings. The van der Waals surface area contributed by atoms with Crippen molar-refractivity contribution in [2.45, 2.75) is 55.7 Å². The van der Waals surface area contributed by atoms with Crippen LogP contribution in [0.3, 0.4) is 0 Å². The largest absolute Gasteiger partial charge is 0.508 e. The topological polar surface area (TPSA) is 40.5 Å². The molecule has 2 aliphatic carbocycles. The van der Waals surface area contributed by atoms with Crippen LogP contribution in [-0.4, -0.2) is 22.0 Å². The van der Waals surface area contributed by atoms with Gasteiger partial charge >= 0.3 is 6.18 Å². The Morgan fingerprint density at radius 2 is 1.78 bits per heavy atom. The van der Waals surface area contributed by atoms with E-state index in [9.17, 15) is 23.4 Å². The number of aliphatic hydroxyl groups is 1. The fourth-order valence-corrected chi connectivity index (χ4v) is 5.22. The van der Waals surface area contributed by atoms with Gasteiger partial charge in [-0.3, -0.25) is 0 Å². The third-order valence-corrected chi connectivity index (χ3v) is 6.63. The zero-order valence-electron chi connectivity index (χ0n) is 15.0. The molecule has 27 heavy (non-hydrogen) atoms. The number of rotatable bonds is 2. The molecule has 4 rings (SSSR count). The van der Waals surface area contributed by atoms with E-state index in [0.717, 1.165) is 16.7 Å². The highest BCUT2D eigenvalue weighted by Gasteiger charge is 2.61. The van der Waals surface area contributed by atoms with E-state index >= 15 is 0 Å². The Bertz CT molecular complexity index is 833. The molecule has 0 amide bonds. The number of halogens is 3. The van der Waals surface area contributed by atoms with Crippen molar-refractivity contribution in [2.75, 3.05) is 0 Å². The summed E-state index contributed by atoms with van der Waals surface area (Å²) < 4.78 is 40.5. The molecule has 0 aromatic heterocycles. The number of benzene rings is 2. The molecule has 2 nitrogen and oxygen atoms in total. The number of aromatic hydroxyl groups is 1. The van der Waals surface area contributed by atoms with Crippen LogP contribution >= 0.6 is 0 Å². The van der Waals surface area contributed by atoms with Crippen molar-refractivity contribution in [1.82, 2.24) is 0 Å². The summed E-state index contributed by atoms with van der Waals surface area (Å²) in [5.74, 6) is -0.0696. The Morgan fingerprint density at radius 1 is 1.04 bits per heavy atom. The van der Waals surface area contributed by atoms with Gasteiger partial charge in [0.1, 0.15) is 5.75 Å². The highest BCUT2D eigenvalue weighted by Crippen LogP contribution is 2.57. The van der Waals surface area contributed by atoms with Crippen molar-refractivity contribution in [2.24, 2.45) is 5.92 Å². The molecule has 1 fully saturated rings. The summed E-state index contributed by atoms with van der Waals surface area (Å²) in [7, 11) is 0. The third kappa shape index (κ3) is 3.02. The minimum atomic E-state index is -4.61. The molecule has 0 unspecified atom stereocenters. The van der Waals surface area contributed by atoms with E-state index in [2.05, 4.69) is 0 Å². The van der Waals surface area contributed by atoms with E-state index in [-0.39, 0.29) is 30.9 Å². The number of hydrogen-bond donors (Lipinski definition) is 2. The quantitative estimate of drug-likeness (QED) is 0.782. The molecule has 0 aliphatic heterocycles. The normalized spacial score (nSPS) is 30.4. The average molecular weight is 376 g/mol. The van der Waals surface area contributed by atoms with E-state index in [1.54, 1.807) is 12.1 Å². The van der Waals surface area contributed by atoms with E-state index in [1.807, 2.05) is 36.4 Å². The molecule has 5 heteroatoms. The molecule has 2 aliphatic rings. The van der Waals surface area contributed by atoms with Crippen LogP contribution in [0, 0.1) is 5.92 Å². The lowest BCUT2D eigenvalue weighted by atomic mass is 9.52. The molecule has 2 N–H and O–H groups in total. The highest BCUT2D eigenvalue weighted by molar-refractivity contribution is 5.44. The Hall–Kier alpha value is -2.01. The van der Waals surface area contributed by atoms with Crippen LogP contribution in [0.4, 0.5) is 13.2 Å². The number of hydrogen-bond acceptors (Lipinski definition) is 2. The van der Waals surface area contributed by atoms with Gasteiger partial charge in [0.15, 0.2) is 5.60 Å². The zero-order valence-corrected chi connectivity index (χ0v) is 15.0. The van der Waals surface area contributed by atoms with Crippen LogP contribution in [0.25, 0.3) is 0 Å². The maximum Gasteiger partial charge on any atom is 0.417 e. The summed E-state index contributed by atoms with van der Waals surface area (Å²) in [5.41, 5.74) is 0.0805. The fraction of sp³-hybridized carbons (Fsp3) is 0.455. The summed E-state index contributed by atoms with van der Waals surface area (Å²) in [6.45, 7) is 0. The van der Waals surface area contributed by atoms with Gasteiger partial charge in [-0.25, -0.2) is 0 Å². The number of phenols is 1. The summed E-state index contributed by atoms with van der Waals surface area (Å²) in [4.78, 5) is 0. The summed E-state index contributed by atoms with van der Waals surface area (Å²) >= 11 is 0. The predicted octanol–water partition coefficient (Wildman–Crippen LogP) is 4.91. The number of alkyl halides is 3. The van der Waals surface area contributed by atoms with Crippen LogP contribution in [-0.2, 0) is 18.3 Å². The van der Waals surface area contributed by atoms with Crippen molar-refractivity contribution >= 4 is 0 Å². The number of fused-ring (bicyclic) bond motifs is 3. The summed E-state index contributed by atoms with van der Waals surface area (Å²) in [6.07, 6.45) is -3.03. The first-order valence-electron chi connectivity index (χ1n) is 9.39. The lowest BCUT2D eigenvalue weighted by molar-refractivity contribution is -0.279. The Morgan fingerprint density at radius 3 is 2.48 bits per heavy atom. The zero-order chi connectivity index (χ0) is 19.3. The first kappa shape index (κ1) is 18.4. The molecule has 0 spiro atoms. The van der Waals surface area contributed by atoms with Gasteiger partial charge in [-0.15, -0.1) is 0 Å². The van der Waals surface area contributed by atoms with E-state index < -0.39 is 17.2 Å². The van der Waals surface area contributed by atoms with Crippen LogP contribution in [0.15, 0.2) is 48.5 Å². The molecule has 2 aromatic carbocycles. The second kappa shape index (κ2) is 6.26. The van der Waals surface area contributed by atoms with Crippen molar-refractivity contribution in [3.8, 4) is 5.75 Å². The monoisotopic (exact) mass is 376 g/mol. The van der Waals surface area contributed by atoms with Gasteiger partial charge in [0, 0.05) is 5.41 Å². The molecule has 0 saturated heterocycles. The van der Waals surface area contributed by atoms with Gasteiger partial charge in [0.05, 0.1) is 0 Å². The average Bonchev–Trinajstić information content (AvgIpc) is 2.62. The molecule has 144 valence electrons. The van der Waals surface area contributed by atoms with Crippen LogP contribution in [0.2, 0.25) is 0 Å². The van der Waals surface area contributed by atoms with E-state index in [0.29, 0.717) is 19.3 Å². The maximum atomic E-state index is 13.5. The fourth-order valence-electron chi connectivity index (χ4n) is 5.22. The lowest BCUT2D eigenvalue weighted by Crippen LogP contribution is -2.56.